The van der Waals surface area contributed by atoms with E-state index in [9.17, 15) is 9.59 Å². The number of nitrogens with zero attached hydrogens (tertiary/aromatic N) is 4. The average Bonchev–Trinajstić information content (AvgIpc) is 2.89. The van der Waals surface area contributed by atoms with Gasteiger partial charge in [0.1, 0.15) is 0 Å². The van der Waals surface area contributed by atoms with E-state index in [0.29, 0.717) is 11.4 Å². The smallest absolute Gasteiger partial charge is 0.238 e. The van der Waals surface area contributed by atoms with Crippen LogP contribution in [-0.4, -0.2) is 63.2 Å². The van der Waals surface area contributed by atoms with Crippen molar-refractivity contribution in [2.75, 3.05) is 62.0 Å². The molecule has 1 heterocycles. The molecule has 9 nitrogen and oxygen atoms in total. The van der Waals surface area contributed by atoms with Gasteiger partial charge in [-0.2, -0.15) is 10.2 Å². The van der Waals surface area contributed by atoms with Crippen LogP contribution >= 0.6 is 0 Å². The van der Waals surface area contributed by atoms with Gasteiger partial charge in [0, 0.05) is 30.2 Å². The first kappa shape index (κ1) is 25.0. The largest absolute Gasteiger partial charge is 0.378 e. The van der Waals surface area contributed by atoms with Crippen molar-refractivity contribution in [1.29, 1.82) is 0 Å². The summed E-state index contributed by atoms with van der Waals surface area (Å²) in [5.41, 5.74) is 3.93. The lowest BCUT2D eigenvalue weighted by molar-refractivity contribution is -0.119. The zero-order valence-electron chi connectivity index (χ0n) is 20.3. The summed E-state index contributed by atoms with van der Waals surface area (Å²) in [6.45, 7) is 3.36. The lowest BCUT2D eigenvalue weighted by Gasteiger charge is -2.28. The third kappa shape index (κ3) is 7.72. The zero-order chi connectivity index (χ0) is 25.2. The van der Waals surface area contributed by atoms with Crippen LogP contribution < -0.4 is 15.5 Å². The van der Waals surface area contributed by atoms with Crippen molar-refractivity contribution in [1.82, 2.24) is 4.90 Å². The summed E-state index contributed by atoms with van der Waals surface area (Å²) in [5.74, 6) is -0.392. The molecule has 0 bridgehead atoms. The molecule has 36 heavy (non-hydrogen) atoms. The van der Waals surface area contributed by atoms with Crippen molar-refractivity contribution in [3.63, 3.8) is 0 Å². The first-order valence-electron chi connectivity index (χ1n) is 11.8. The van der Waals surface area contributed by atoms with Gasteiger partial charge in [-0.25, -0.2) is 0 Å². The molecule has 0 atom stereocenters. The normalized spacial score (nSPS) is 13.7. The maximum atomic E-state index is 12.4. The number of likely N-dealkylation sites (N-methyl/N-ethyl adjacent to an activating group) is 1. The highest BCUT2D eigenvalue weighted by Gasteiger charge is 2.13. The summed E-state index contributed by atoms with van der Waals surface area (Å²) in [4.78, 5) is 28.7. The molecule has 0 radical (unpaired) electrons. The molecule has 1 fully saturated rings. The molecule has 0 aliphatic carbocycles. The highest BCUT2D eigenvalue weighted by molar-refractivity contribution is 5.94. The number of hydrogen-bond acceptors (Lipinski definition) is 7. The fourth-order valence-corrected chi connectivity index (χ4v) is 3.75. The molecule has 2 N–H and O–H groups in total. The second-order valence-corrected chi connectivity index (χ2v) is 8.50. The van der Waals surface area contributed by atoms with Crippen molar-refractivity contribution in [2.24, 2.45) is 10.2 Å². The Labute approximate surface area is 210 Å². The van der Waals surface area contributed by atoms with Crippen molar-refractivity contribution >= 4 is 40.3 Å². The molecule has 0 unspecified atom stereocenters. The topological polar surface area (TPSA) is 98.6 Å². The third-order valence-electron chi connectivity index (χ3n) is 5.54. The quantitative estimate of drug-likeness (QED) is 0.436. The number of carbonyl (C=O) groups is 2. The van der Waals surface area contributed by atoms with Crippen LogP contribution in [0.4, 0.5) is 28.4 Å². The van der Waals surface area contributed by atoms with Crippen LogP contribution in [0.25, 0.3) is 0 Å². The number of ether oxygens (including phenoxy) is 1. The van der Waals surface area contributed by atoms with Crippen LogP contribution in [0.15, 0.2) is 89.1 Å². The van der Waals surface area contributed by atoms with Crippen LogP contribution in [0.5, 0.6) is 0 Å². The molecule has 3 aromatic carbocycles. The molecule has 1 aliphatic rings. The molecule has 1 saturated heterocycles. The van der Waals surface area contributed by atoms with Crippen LogP contribution in [0.2, 0.25) is 0 Å². The Bertz CT molecular complexity index is 1160. The van der Waals surface area contributed by atoms with Gasteiger partial charge in [-0.15, -0.1) is 0 Å². The standard InChI is InChI=1S/C27H30N6O3/c1-32(20-27(35)29-22-11-13-25(14-12-22)33-15-17-36-18-16-33)19-26(34)28-21-7-9-24(10-8-21)31-30-23-5-3-2-4-6-23/h2-14H,15-20H2,1H3,(H,28,34)(H,29,35). The van der Waals surface area contributed by atoms with E-state index in [0.717, 1.165) is 43.4 Å². The minimum Gasteiger partial charge on any atom is -0.378 e. The second-order valence-electron chi connectivity index (χ2n) is 8.50. The first-order valence-corrected chi connectivity index (χ1v) is 11.8. The molecule has 2 amide bonds. The first-order chi connectivity index (χ1) is 17.5. The maximum absolute atomic E-state index is 12.4. The van der Waals surface area contributed by atoms with E-state index in [2.05, 4.69) is 25.8 Å². The van der Waals surface area contributed by atoms with E-state index < -0.39 is 0 Å². The molecule has 0 saturated carbocycles. The molecule has 3 aromatic rings. The van der Waals surface area contributed by atoms with Crippen molar-refractivity contribution in [3.05, 3.63) is 78.9 Å². The van der Waals surface area contributed by atoms with Crippen molar-refractivity contribution < 1.29 is 14.3 Å². The van der Waals surface area contributed by atoms with Gasteiger partial charge in [-0.3, -0.25) is 14.5 Å². The molecule has 0 aromatic heterocycles. The van der Waals surface area contributed by atoms with Gasteiger partial charge >= 0.3 is 0 Å². The summed E-state index contributed by atoms with van der Waals surface area (Å²) in [6, 6.07) is 24.3. The van der Waals surface area contributed by atoms with Crippen LogP contribution in [-0.2, 0) is 14.3 Å². The van der Waals surface area contributed by atoms with Gasteiger partial charge in [0.25, 0.3) is 0 Å². The van der Waals surface area contributed by atoms with Gasteiger partial charge in [0.05, 0.1) is 37.7 Å². The average molecular weight is 487 g/mol. The van der Waals surface area contributed by atoms with E-state index in [1.54, 1.807) is 36.2 Å². The minimum atomic E-state index is -0.209. The lowest BCUT2D eigenvalue weighted by atomic mass is 10.2. The number of nitrogens with one attached hydrogen (secondary N) is 2. The Kier molecular flexibility index (Phi) is 8.74. The Morgan fingerprint density at radius 3 is 1.83 bits per heavy atom. The van der Waals surface area contributed by atoms with Gasteiger partial charge in [-0.1, -0.05) is 18.2 Å². The third-order valence-corrected chi connectivity index (χ3v) is 5.54. The molecule has 0 spiro atoms. The van der Waals surface area contributed by atoms with Gasteiger partial charge < -0.3 is 20.3 Å². The van der Waals surface area contributed by atoms with Gasteiger partial charge in [-0.05, 0) is 67.7 Å². The number of amides is 2. The molecule has 1 aliphatic heterocycles. The summed E-state index contributed by atoms with van der Waals surface area (Å²) < 4.78 is 5.38. The fourth-order valence-electron chi connectivity index (χ4n) is 3.75. The highest BCUT2D eigenvalue weighted by Crippen LogP contribution is 2.21. The van der Waals surface area contributed by atoms with E-state index >= 15 is 0 Å². The maximum Gasteiger partial charge on any atom is 0.238 e. The van der Waals surface area contributed by atoms with Crippen LogP contribution in [0.3, 0.4) is 0 Å². The number of anilines is 3. The van der Waals surface area contributed by atoms with Crippen molar-refractivity contribution in [3.8, 4) is 0 Å². The van der Waals surface area contributed by atoms with E-state index in [4.69, 9.17) is 4.74 Å². The number of carbonyl (C=O) groups excluding carboxylic acids is 2. The Morgan fingerprint density at radius 2 is 1.28 bits per heavy atom. The van der Waals surface area contributed by atoms with Gasteiger partial charge in [0.15, 0.2) is 0 Å². The van der Waals surface area contributed by atoms with Crippen LogP contribution in [0.1, 0.15) is 0 Å². The summed E-state index contributed by atoms with van der Waals surface area (Å²) in [5, 5.41) is 14.1. The second kappa shape index (κ2) is 12.6. The number of morpholine rings is 1. The van der Waals surface area contributed by atoms with E-state index in [1.807, 2.05) is 54.6 Å². The van der Waals surface area contributed by atoms with Gasteiger partial charge in [0.2, 0.25) is 11.8 Å². The predicted molar refractivity (Wildman–Crippen MR) is 141 cm³/mol. The molecule has 186 valence electrons. The molecular weight excluding hydrogens is 456 g/mol. The Balaban J connectivity index is 1.19. The summed E-state index contributed by atoms with van der Waals surface area (Å²) in [6.07, 6.45) is 0. The zero-order valence-corrected chi connectivity index (χ0v) is 20.3. The Morgan fingerprint density at radius 1 is 0.778 bits per heavy atom. The lowest BCUT2D eigenvalue weighted by Crippen LogP contribution is -2.36. The van der Waals surface area contributed by atoms with E-state index in [1.165, 1.54) is 0 Å². The SMILES string of the molecule is CN(CC(=O)Nc1ccc(N=Nc2ccccc2)cc1)CC(=O)Nc1ccc(N2CCOCC2)cc1. The minimum absolute atomic E-state index is 0.0822. The van der Waals surface area contributed by atoms with Crippen LogP contribution in [0, 0.1) is 0 Å². The molecule has 4 rings (SSSR count). The summed E-state index contributed by atoms with van der Waals surface area (Å²) >= 11 is 0. The Hall–Kier alpha value is -4.08. The molecule has 9 heteroatoms. The predicted octanol–water partition coefficient (Wildman–Crippen LogP) is 4.45. The monoisotopic (exact) mass is 486 g/mol. The molecular formula is C27H30N6O3. The summed E-state index contributed by atoms with van der Waals surface area (Å²) in [7, 11) is 1.73. The highest BCUT2D eigenvalue weighted by atomic mass is 16.5. The fraction of sp³-hybridized carbons (Fsp3) is 0.259. The van der Waals surface area contributed by atoms with E-state index in [-0.39, 0.29) is 24.9 Å². The number of benzene rings is 3. The number of hydrogen-bond donors (Lipinski definition) is 2. The van der Waals surface area contributed by atoms with Crippen molar-refractivity contribution in [2.45, 2.75) is 0 Å². The number of rotatable bonds is 9. The number of azo groups is 1.